The van der Waals surface area contributed by atoms with E-state index in [2.05, 4.69) is 53.9 Å². The minimum atomic E-state index is 0.0207. The quantitative estimate of drug-likeness (QED) is 0.816. The van der Waals surface area contributed by atoms with E-state index in [0.717, 1.165) is 14.8 Å². The molecule has 0 fully saturated rings. The Morgan fingerprint density at radius 2 is 1.84 bits per heavy atom. The molecule has 2 aromatic carbocycles. The molecule has 0 aliphatic carbocycles. The predicted octanol–water partition coefficient (Wildman–Crippen LogP) is 4.09. The summed E-state index contributed by atoms with van der Waals surface area (Å²) in [5.41, 5.74) is 4.39. The largest absolute Gasteiger partial charge is 0.325 e. The molecule has 19 heavy (non-hydrogen) atoms. The van der Waals surface area contributed by atoms with Crippen LogP contribution in [0, 0.1) is 17.4 Å². The van der Waals surface area contributed by atoms with Gasteiger partial charge in [0.2, 0.25) is 5.91 Å². The van der Waals surface area contributed by atoms with Gasteiger partial charge < -0.3 is 5.32 Å². The molecule has 98 valence electrons. The summed E-state index contributed by atoms with van der Waals surface area (Å²) in [6.07, 6.45) is 0.409. The standard InChI is InChI=1S/C16H16INO/c1-11-7-8-13(9-12(11)2)10-16(19)18-15-6-4-3-5-14(15)17/h3-9H,10H2,1-2H3,(H,18,19). The Morgan fingerprint density at radius 3 is 2.53 bits per heavy atom. The van der Waals surface area contributed by atoms with E-state index in [0.29, 0.717) is 6.42 Å². The number of benzene rings is 2. The molecule has 2 rings (SSSR count). The third-order valence-electron chi connectivity index (χ3n) is 3.08. The fourth-order valence-corrected chi connectivity index (χ4v) is 2.38. The minimum absolute atomic E-state index is 0.0207. The van der Waals surface area contributed by atoms with Gasteiger partial charge in [-0.2, -0.15) is 0 Å². The van der Waals surface area contributed by atoms with Crippen molar-refractivity contribution in [2.75, 3.05) is 5.32 Å². The summed E-state index contributed by atoms with van der Waals surface area (Å²) in [4.78, 5) is 12.0. The van der Waals surface area contributed by atoms with Crippen molar-refractivity contribution < 1.29 is 4.79 Å². The van der Waals surface area contributed by atoms with Gasteiger partial charge in [0.25, 0.3) is 0 Å². The first kappa shape index (κ1) is 14.1. The highest BCUT2D eigenvalue weighted by atomic mass is 127. The number of carbonyl (C=O) groups is 1. The number of rotatable bonds is 3. The fraction of sp³-hybridized carbons (Fsp3) is 0.188. The lowest BCUT2D eigenvalue weighted by Crippen LogP contribution is -2.15. The molecular weight excluding hydrogens is 349 g/mol. The maximum atomic E-state index is 12.0. The van der Waals surface area contributed by atoms with Crippen LogP contribution >= 0.6 is 22.6 Å². The van der Waals surface area contributed by atoms with Crippen LogP contribution < -0.4 is 5.32 Å². The molecule has 0 aromatic heterocycles. The van der Waals surface area contributed by atoms with Crippen molar-refractivity contribution in [1.82, 2.24) is 0 Å². The van der Waals surface area contributed by atoms with Crippen molar-refractivity contribution in [3.8, 4) is 0 Å². The number of aryl methyl sites for hydroxylation is 2. The summed E-state index contributed by atoms with van der Waals surface area (Å²) < 4.78 is 1.05. The molecule has 0 saturated heterocycles. The SMILES string of the molecule is Cc1ccc(CC(=O)Nc2ccccc2I)cc1C. The number of anilines is 1. The molecule has 0 unspecified atom stereocenters. The van der Waals surface area contributed by atoms with Gasteiger partial charge in [-0.15, -0.1) is 0 Å². The predicted molar refractivity (Wildman–Crippen MR) is 87.4 cm³/mol. The average Bonchev–Trinajstić information content (AvgIpc) is 2.37. The number of carbonyl (C=O) groups excluding carboxylic acids is 1. The Balaban J connectivity index is 2.05. The number of nitrogens with one attached hydrogen (secondary N) is 1. The highest BCUT2D eigenvalue weighted by Crippen LogP contribution is 2.17. The van der Waals surface area contributed by atoms with Crippen molar-refractivity contribution in [3.05, 3.63) is 62.7 Å². The smallest absolute Gasteiger partial charge is 0.228 e. The van der Waals surface area contributed by atoms with Crippen molar-refractivity contribution in [1.29, 1.82) is 0 Å². The van der Waals surface area contributed by atoms with E-state index in [1.807, 2.05) is 30.3 Å². The molecule has 1 N–H and O–H groups in total. The normalized spacial score (nSPS) is 10.3. The molecule has 0 saturated carbocycles. The summed E-state index contributed by atoms with van der Waals surface area (Å²) in [7, 11) is 0. The van der Waals surface area contributed by atoms with Crippen LogP contribution in [0.25, 0.3) is 0 Å². The van der Waals surface area contributed by atoms with Crippen LogP contribution in [0.15, 0.2) is 42.5 Å². The summed E-state index contributed by atoms with van der Waals surface area (Å²) in [6.45, 7) is 4.14. The molecule has 0 radical (unpaired) electrons. The van der Waals surface area contributed by atoms with E-state index in [9.17, 15) is 4.79 Å². The highest BCUT2D eigenvalue weighted by molar-refractivity contribution is 14.1. The molecule has 0 aliphatic rings. The molecule has 0 heterocycles. The van der Waals surface area contributed by atoms with Gasteiger partial charge in [-0.1, -0.05) is 30.3 Å². The van der Waals surface area contributed by atoms with Gasteiger partial charge in [0.05, 0.1) is 12.1 Å². The fourth-order valence-electron chi connectivity index (χ4n) is 1.86. The van der Waals surface area contributed by atoms with Crippen molar-refractivity contribution in [2.24, 2.45) is 0 Å². The number of hydrogen-bond donors (Lipinski definition) is 1. The molecular formula is C16H16INO. The third kappa shape index (κ3) is 3.80. The van der Waals surface area contributed by atoms with Gasteiger partial charge in [0.15, 0.2) is 0 Å². The van der Waals surface area contributed by atoms with Crippen LogP contribution in [0.2, 0.25) is 0 Å². The number of para-hydroxylation sites is 1. The summed E-state index contributed by atoms with van der Waals surface area (Å²) in [6, 6.07) is 13.9. The second kappa shape index (κ2) is 6.19. The zero-order valence-corrected chi connectivity index (χ0v) is 13.2. The molecule has 0 spiro atoms. The van der Waals surface area contributed by atoms with Gasteiger partial charge >= 0.3 is 0 Å². The van der Waals surface area contributed by atoms with Gasteiger partial charge in [-0.05, 0) is 65.3 Å². The molecule has 3 heteroatoms. The maximum Gasteiger partial charge on any atom is 0.228 e. The topological polar surface area (TPSA) is 29.1 Å². The molecule has 0 bridgehead atoms. The number of amides is 1. The Hall–Kier alpha value is -1.36. The second-order valence-corrected chi connectivity index (χ2v) is 5.79. The van der Waals surface area contributed by atoms with E-state index in [1.165, 1.54) is 11.1 Å². The van der Waals surface area contributed by atoms with Crippen LogP contribution in [0.3, 0.4) is 0 Å². The van der Waals surface area contributed by atoms with Crippen molar-refractivity contribution >= 4 is 34.2 Å². The van der Waals surface area contributed by atoms with Crippen molar-refractivity contribution in [2.45, 2.75) is 20.3 Å². The van der Waals surface area contributed by atoms with E-state index in [4.69, 9.17) is 0 Å². The summed E-state index contributed by atoms with van der Waals surface area (Å²) >= 11 is 2.22. The molecule has 2 nitrogen and oxygen atoms in total. The highest BCUT2D eigenvalue weighted by Gasteiger charge is 2.06. The second-order valence-electron chi connectivity index (χ2n) is 4.62. The van der Waals surface area contributed by atoms with Crippen molar-refractivity contribution in [3.63, 3.8) is 0 Å². The Labute approximate surface area is 127 Å². The van der Waals surface area contributed by atoms with E-state index in [-0.39, 0.29) is 5.91 Å². The van der Waals surface area contributed by atoms with E-state index < -0.39 is 0 Å². The average molecular weight is 365 g/mol. The van der Waals surface area contributed by atoms with Crippen LogP contribution in [0.4, 0.5) is 5.69 Å². The van der Waals surface area contributed by atoms with Gasteiger partial charge in [-0.25, -0.2) is 0 Å². The minimum Gasteiger partial charge on any atom is -0.325 e. The Bertz CT molecular complexity index is 607. The first-order chi connectivity index (χ1) is 9.06. The zero-order chi connectivity index (χ0) is 13.8. The summed E-state index contributed by atoms with van der Waals surface area (Å²) in [5, 5.41) is 2.95. The maximum absolute atomic E-state index is 12.0. The molecule has 0 aliphatic heterocycles. The first-order valence-corrected chi connectivity index (χ1v) is 7.24. The van der Waals surface area contributed by atoms with Crippen LogP contribution in [0.1, 0.15) is 16.7 Å². The molecule has 1 amide bonds. The van der Waals surface area contributed by atoms with Gasteiger partial charge in [0, 0.05) is 3.57 Å². The first-order valence-electron chi connectivity index (χ1n) is 6.17. The van der Waals surface area contributed by atoms with E-state index >= 15 is 0 Å². The van der Waals surface area contributed by atoms with Crippen LogP contribution in [-0.4, -0.2) is 5.91 Å². The monoisotopic (exact) mass is 365 g/mol. The van der Waals surface area contributed by atoms with Crippen LogP contribution in [0.5, 0.6) is 0 Å². The zero-order valence-electron chi connectivity index (χ0n) is 11.0. The van der Waals surface area contributed by atoms with Gasteiger partial charge in [-0.3, -0.25) is 4.79 Å². The number of halogens is 1. The summed E-state index contributed by atoms with van der Waals surface area (Å²) in [5.74, 6) is 0.0207. The lowest BCUT2D eigenvalue weighted by molar-refractivity contribution is -0.115. The molecule has 2 aromatic rings. The molecule has 0 atom stereocenters. The Kier molecular flexibility index (Phi) is 4.58. The van der Waals surface area contributed by atoms with E-state index in [1.54, 1.807) is 0 Å². The lowest BCUT2D eigenvalue weighted by atomic mass is 10.0. The number of hydrogen-bond acceptors (Lipinski definition) is 1. The Morgan fingerprint density at radius 1 is 1.11 bits per heavy atom. The third-order valence-corrected chi connectivity index (χ3v) is 4.02. The van der Waals surface area contributed by atoms with Gasteiger partial charge in [0.1, 0.15) is 0 Å². The lowest BCUT2D eigenvalue weighted by Gasteiger charge is -2.08. The van der Waals surface area contributed by atoms with Crippen LogP contribution in [-0.2, 0) is 11.2 Å².